The van der Waals surface area contributed by atoms with Crippen LogP contribution in [0.5, 0.6) is 0 Å². The summed E-state index contributed by atoms with van der Waals surface area (Å²) in [6.07, 6.45) is 0.0979. The molecule has 0 radical (unpaired) electrons. The van der Waals surface area contributed by atoms with Crippen molar-refractivity contribution in [2.24, 2.45) is 0 Å². The average Bonchev–Trinajstić information content (AvgIpc) is 2.82. The Morgan fingerprint density at radius 2 is 2.00 bits per heavy atom. The minimum Gasteiger partial charge on any atom is -0.481 e. The highest BCUT2D eigenvalue weighted by Gasteiger charge is 2.25. The van der Waals surface area contributed by atoms with Gasteiger partial charge in [0.25, 0.3) is 5.91 Å². The maximum atomic E-state index is 12.5. The topological polar surface area (TPSA) is 113 Å². The standard InChI is InChI=1S/C15H14N2O5S/c18-13(19)5-2-8-16-23(21,22)12-7-6-11-14-9(12)3-1-4-10(14)15(20)17-11/h1,3-4,6-7,16H,2,5,8H2,(H,17,20)(H,18,19). The summed E-state index contributed by atoms with van der Waals surface area (Å²) in [7, 11) is -3.79. The van der Waals surface area contributed by atoms with E-state index in [-0.39, 0.29) is 30.2 Å². The minimum absolute atomic E-state index is 0.0365. The minimum atomic E-state index is -3.79. The van der Waals surface area contributed by atoms with Gasteiger partial charge < -0.3 is 10.4 Å². The van der Waals surface area contributed by atoms with Crippen molar-refractivity contribution in [3.05, 3.63) is 35.9 Å². The summed E-state index contributed by atoms with van der Waals surface area (Å²) in [5.41, 5.74) is 1.03. The second-order valence-electron chi connectivity index (χ2n) is 5.19. The number of hydrogen-bond acceptors (Lipinski definition) is 4. The molecule has 0 aliphatic carbocycles. The molecule has 120 valence electrons. The summed E-state index contributed by atoms with van der Waals surface area (Å²) in [4.78, 5) is 22.4. The van der Waals surface area contributed by atoms with Gasteiger partial charge in [-0.15, -0.1) is 0 Å². The lowest BCUT2D eigenvalue weighted by atomic mass is 10.1. The van der Waals surface area contributed by atoms with Crippen LogP contribution in [0.4, 0.5) is 5.69 Å². The van der Waals surface area contributed by atoms with Crippen LogP contribution >= 0.6 is 0 Å². The number of benzene rings is 2. The van der Waals surface area contributed by atoms with Crippen LogP contribution in [-0.4, -0.2) is 31.9 Å². The molecule has 0 spiro atoms. The Hall–Kier alpha value is -2.45. The van der Waals surface area contributed by atoms with E-state index in [9.17, 15) is 18.0 Å². The zero-order chi connectivity index (χ0) is 16.6. The number of hydrogen-bond donors (Lipinski definition) is 3. The van der Waals surface area contributed by atoms with Gasteiger partial charge in [-0.2, -0.15) is 0 Å². The predicted octanol–water partition coefficient (Wildman–Crippen LogP) is 1.55. The van der Waals surface area contributed by atoms with Crippen LogP contribution < -0.4 is 10.0 Å². The molecule has 3 N–H and O–H groups in total. The largest absolute Gasteiger partial charge is 0.481 e. The van der Waals surface area contributed by atoms with E-state index >= 15 is 0 Å². The van der Waals surface area contributed by atoms with E-state index in [2.05, 4.69) is 10.0 Å². The van der Waals surface area contributed by atoms with Gasteiger partial charge in [-0.3, -0.25) is 9.59 Å². The molecule has 7 nitrogen and oxygen atoms in total. The van der Waals surface area contributed by atoms with Gasteiger partial charge in [0.2, 0.25) is 10.0 Å². The lowest BCUT2D eigenvalue weighted by molar-refractivity contribution is -0.137. The molecule has 1 heterocycles. The van der Waals surface area contributed by atoms with Gasteiger partial charge in [0.1, 0.15) is 0 Å². The second kappa shape index (κ2) is 5.64. The molecule has 0 saturated carbocycles. The zero-order valence-electron chi connectivity index (χ0n) is 12.0. The maximum Gasteiger partial charge on any atom is 0.303 e. The van der Waals surface area contributed by atoms with E-state index in [1.54, 1.807) is 24.3 Å². The highest BCUT2D eigenvalue weighted by Crippen LogP contribution is 2.36. The van der Waals surface area contributed by atoms with Gasteiger partial charge in [-0.1, -0.05) is 12.1 Å². The normalized spacial score (nSPS) is 13.3. The second-order valence-corrected chi connectivity index (χ2v) is 6.92. The Labute approximate surface area is 132 Å². The van der Waals surface area contributed by atoms with Crippen LogP contribution in [0.3, 0.4) is 0 Å². The molecule has 3 rings (SSSR count). The number of anilines is 1. The third-order valence-corrected chi connectivity index (χ3v) is 5.16. The fourth-order valence-electron chi connectivity index (χ4n) is 2.62. The number of carbonyl (C=O) groups excluding carboxylic acids is 1. The van der Waals surface area contributed by atoms with Crippen LogP contribution in [0, 0.1) is 0 Å². The van der Waals surface area contributed by atoms with Crippen molar-refractivity contribution < 1.29 is 23.1 Å². The molecule has 0 fully saturated rings. The molecule has 1 amide bonds. The highest BCUT2D eigenvalue weighted by molar-refractivity contribution is 7.89. The number of sulfonamides is 1. The van der Waals surface area contributed by atoms with Gasteiger partial charge in [-0.25, -0.2) is 13.1 Å². The maximum absolute atomic E-state index is 12.5. The third-order valence-electron chi connectivity index (χ3n) is 3.64. The van der Waals surface area contributed by atoms with Crippen LogP contribution in [0.1, 0.15) is 23.2 Å². The van der Waals surface area contributed by atoms with Crippen molar-refractivity contribution in [1.29, 1.82) is 0 Å². The van der Waals surface area contributed by atoms with Gasteiger partial charge in [0.05, 0.1) is 4.90 Å². The molecule has 1 aliphatic heterocycles. The lowest BCUT2D eigenvalue weighted by Crippen LogP contribution is -2.25. The third kappa shape index (κ3) is 2.78. The van der Waals surface area contributed by atoms with Crippen molar-refractivity contribution in [2.75, 3.05) is 11.9 Å². The number of amides is 1. The fraction of sp³-hybridized carbons (Fsp3) is 0.200. The average molecular weight is 334 g/mol. The smallest absolute Gasteiger partial charge is 0.303 e. The van der Waals surface area contributed by atoms with Gasteiger partial charge >= 0.3 is 5.97 Å². The Balaban J connectivity index is 1.96. The monoisotopic (exact) mass is 334 g/mol. The lowest BCUT2D eigenvalue weighted by Gasteiger charge is -2.10. The zero-order valence-corrected chi connectivity index (χ0v) is 12.8. The van der Waals surface area contributed by atoms with Crippen molar-refractivity contribution in [3.8, 4) is 0 Å². The number of carboxylic acids is 1. The Kier molecular flexibility index (Phi) is 3.78. The number of rotatable bonds is 6. The van der Waals surface area contributed by atoms with Gasteiger partial charge in [-0.05, 0) is 24.6 Å². The molecule has 0 saturated heterocycles. The first-order chi connectivity index (χ1) is 10.9. The van der Waals surface area contributed by atoms with E-state index < -0.39 is 16.0 Å². The predicted molar refractivity (Wildman–Crippen MR) is 84.0 cm³/mol. The van der Waals surface area contributed by atoms with Crippen molar-refractivity contribution in [1.82, 2.24) is 4.72 Å². The molecule has 1 aliphatic rings. The summed E-state index contributed by atoms with van der Waals surface area (Å²) in [6.45, 7) is 0.0365. The Morgan fingerprint density at radius 1 is 1.22 bits per heavy atom. The van der Waals surface area contributed by atoms with Gasteiger partial charge in [0, 0.05) is 35.0 Å². The van der Waals surface area contributed by atoms with E-state index in [0.29, 0.717) is 22.0 Å². The first-order valence-corrected chi connectivity index (χ1v) is 8.47. The first kappa shape index (κ1) is 15.4. The summed E-state index contributed by atoms with van der Waals surface area (Å²) in [5.74, 6) is -1.23. The van der Waals surface area contributed by atoms with Gasteiger partial charge in [0.15, 0.2) is 0 Å². The van der Waals surface area contributed by atoms with E-state index in [1.165, 1.54) is 6.07 Å². The number of carboxylic acid groups (broad SMARTS) is 1. The Morgan fingerprint density at radius 3 is 2.74 bits per heavy atom. The van der Waals surface area contributed by atoms with Crippen LogP contribution in [0.2, 0.25) is 0 Å². The molecule has 23 heavy (non-hydrogen) atoms. The number of aliphatic carboxylic acids is 1. The molecular weight excluding hydrogens is 320 g/mol. The molecular formula is C15H14N2O5S. The molecule has 0 unspecified atom stereocenters. The van der Waals surface area contributed by atoms with Crippen molar-refractivity contribution in [3.63, 3.8) is 0 Å². The van der Waals surface area contributed by atoms with Crippen molar-refractivity contribution >= 4 is 38.4 Å². The summed E-state index contributed by atoms with van der Waals surface area (Å²) >= 11 is 0. The fourth-order valence-corrected chi connectivity index (χ4v) is 3.90. The van der Waals surface area contributed by atoms with Crippen molar-refractivity contribution in [2.45, 2.75) is 17.7 Å². The number of carbonyl (C=O) groups is 2. The van der Waals surface area contributed by atoms with Crippen LogP contribution in [-0.2, 0) is 14.8 Å². The van der Waals surface area contributed by atoms with E-state index in [4.69, 9.17) is 5.11 Å². The van der Waals surface area contributed by atoms with Crippen LogP contribution in [0.15, 0.2) is 35.2 Å². The molecule has 0 bridgehead atoms. The first-order valence-electron chi connectivity index (χ1n) is 6.99. The van der Waals surface area contributed by atoms with Crippen LogP contribution in [0.25, 0.3) is 10.8 Å². The SMILES string of the molecule is O=C(O)CCCNS(=O)(=O)c1ccc2c3c(cccc13)C(=O)N2. The molecule has 8 heteroatoms. The summed E-state index contributed by atoms with van der Waals surface area (Å²) in [6, 6.07) is 7.92. The quantitative estimate of drug-likeness (QED) is 0.694. The molecule has 0 aromatic heterocycles. The summed E-state index contributed by atoms with van der Waals surface area (Å²) < 4.78 is 27.3. The molecule has 2 aromatic carbocycles. The molecule has 0 atom stereocenters. The van der Waals surface area contributed by atoms with E-state index in [0.717, 1.165) is 0 Å². The highest BCUT2D eigenvalue weighted by atomic mass is 32.2. The number of nitrogens with one attached hydrogen (secondary N) is 2. The molecule has 2 aromatic rings. The Bertz CT molecular complexity index is 921. The summed E-state index contributed by atoms with van der Waals surface area (Å²) in [5, 5.41) is 12.3. The van der Waals surface area contributed by atoms with E-state index in [1.807, 2.05) is 0 Å².